The number of furan rings is 1. The normalized spacial score (nSPS) is 31.7. The first kappa shape index (κ1) is 14.8. The summed E-state index contributed by atoms with van der Waals surface area (Å²) in [7, 11) is 0. The molecule has 0 spiro atoms. The second-order valence-corrected chi connectivity index (χ2v) is 8.19. The van der Waals surface area contributed by atoms with Gasteiger partial charge in [0.1, 0.15) is 5.58 Å². The predicted molar refractivity (Wildman–Crippen MR) is 91.4 cm³/mol. The number of rotatable bonds is 2. The van der Waals surface area contributed by atoms with E-state index in [2.05, 4.69) is 26.1 Å². The Bertz CT molecular complexity index is 788. The summed E-state index contributed by atoms with van der Waals surface area (Å²) in [4.78, 5) is 12.8. The molecule has 0 unspecified atom stereocenters. The zero-order chi connectivity index (χ0) is 16.4. The van der Waals surface area contributed by atoms with Gasteiger partial charge in [-0.05, 0) is 49.0 Å². The van der Waals surface area contributed by atoms with Crippen molar-refractivity contribution in [2.24, 2.45) is 16.7 Å². The fourth-order valence-corrected chi connectivity index (χ4v) is 5.04. The fourth-order valence-electron chi connectivity index (χ4n) is 5.04. The monoisotopic (exact) mass is 311 g/mol. The van der Waals surface area contributed by atoms with Gasteiger partial charge in [-0.3, -0.25) is 4.79 Å². The van der Waals surface area contributed by atoms with Gasteiger partial charge in [0, 0.05) is 17.0 Å². The molecule has 2 aliphatic rings. The summed E-state index contributed by atoms with van der Waals surface area (Å²) in [6, 6.07) is 8.09. The minimum Gasteiger partial charge on any atom is -0.451 e. The van der Waals surface area contributed by atoms with E-state index in [9.17, 15) is 4.79 Å². The smallest absolute Gasteiger partial charge is 0.287 e. The maximum Gasteiger partial charge on any atom is 0.287 e. The molecule has 3 heteroatoms. The van der Waals surface area contributed by atoms with E-state index in [1.807, 2.05) is 31.2 Å². The lowest BCUT2D eigenvalue weighted by Gasteiger charge is -2.39. The van der Waals surface area contributed by atoms with E-state index in [-0.39, 0.29) is 17.4 Å². The van der Waals surface area contributed by atoms with Crippen molar-refractivity contribution in [3.05, 3.63) is 35.6 Å². The van der Waals surface area contributed by atoms with Crippen LogP contribution in [0, 0.1) is 23.7 Å². The third kappa shape index (κ3) is 1.85. The Hall–Kier alpha value is -1.77. The van der Waals surface area contributed by atoms with Gasteiger partial charge in [0.2, 0.25) is 0 Å². The highest BCUT2D eigenvalue weighted by molar-refractivity contribution is 5.99. The molecule has 0 saturated heterocycles. The number of carbonyl (C=O) groups excluding carboxylic acids is 1. The standard InChI is InChI=1S/C20H25NO2/c1-12-14-7-5-6-8-15(14)23-17(12)18(22)21-16-11-13-9-10-20(16,4)19(13,2)3/h5-8,13,16H,9-11H2,1-4H3,(H,21,22)/t13-,16+,20-/m0/s1. The highest BCUT2D eigenvalue weighted by Gasteiger charge is 2.61. The minimum atomic E-state index is -0.0618. The lowest BCUT2D eigenvalue weighted by Crippen LogP contribution is -2.46. The molecule has 2 aromatic rings. The second kappa shape index (κ2) is 4.62. The average Bonchev–Trinajstić information content (AvgIpc) is 3.03. The Kier molecular flexibility index (Phi) is 2.97. The number of amides is 1. The van der Waals surface area contributed by atoms with E-state index in [4.69, 9.17) is 4.42 Å². The lowest BCUT2D eigenvalue weighted by atomic mass is 9.69. The first-order chi connectivity index (χ1) is 10.8. The molecular weight excluding hydrogens is 286 g/mol. The lowest BCUT2D eigenvalue weighted by molar-refractivity contribution is 0.0802. The molecule has 4 rings (SSSR count). The summed E-state index contributed by atoms with van der Waals surface area (Å²) in [6.45, 7) is 9.04. The second-order valence-electron chi connectivity index (χ2n) is 8.19. The topological polar surface area (TPSA) is 42.2 Å². The summed E-state index contributed by atoms with van der Waals surface area (Å²) >= 11 is 0. The third-order valence-corrected chi connectivity index (χ3v) is 7.15. The van der Waals surface area contributed by atoms with Crippen LogP contribution >= 0.6 is 0 Å². The quantitative estimate of drug-likeness (QED) is 0.874. The first-order valence-corrected chi connectivity index (χ1v) is 8.63. The number of carbonyl (C=O) groups is 1. The van der Waals surface area contributed by atoms with E-state index in [1.165, 1.54) is 12.8 Å². The van der Waals surface area contributed by atoms with Gasteiger partial charge in [0.05, 0.1) is 0 Å². The molecular formula is C20H25NO2. The molecule has 3 atom stereocenters. The number of nitrogens with one attached hydrogen (secondary N) is 1. The molecule has 23 heavy (non-hydrogen) atoms. The van der Waals surface area contributed by atoms with Crippen LogP contribution in [0.3, 0.4) is 0 Å². The minimum absolute atomic E-state index is 0.0618. The SMILES string of the molecule is Cc1c(C(=O)N[C@@H]2C[C@@H]3CC[C@]2(C)C3(C)C)oc2ccccc12. The van der Waals surface area contributed by atoms with Crippen molar-refractivity contribution < 1.29 is 9.21 Å². The van der Waals surface area contributed by atoms with Crippen LogP contribution in [-0.4, -0.2) is 11.9 Å². The Morgan fingerprint density at radius 2 is 2.00 bits per heavy atom. The zero-order valence-electron chi connectivity index (χ0n) is 14.4. The number of hydrogen-bond donors (Lipinski definition) is 1. The van der Waals surface area contributed by atoms with E-state index in [0.717, 1.165) is 28.9 Å². The van der Waals surface area contributed by atoms with Crippen LogP contribution in [0.1, 0.15) is 56.2 Å². The number of fused-ring (bicyclic) bond motifs is 3. The van der Waals surface area contributed by atoms with Gasteiger partial charge < -0.3 is 9.73 Å². The molecule has 1 aromatic carbocycles. The molecule has 0 radical (unpaired) electrons. The Labute approximate surface area is 137 Å². The van der Waals surface area contributed by atoms with Crippen LogP contribution in [0.2, 0.25) is 0 Å². The highest BCUT2D eigenvalue weighted by Crippen LogP contribution is 2.65. The number of aryl methyl sites for hydroxylation is 1. The van der Waals surface area contributed by atoms with Gasteiger partial charge in [-0.2, -0.15) is 0 Å². The number of para-hydroxylation sites is 1. The molecule has 1 aromatic heterocycles. The van der Waals surface area contributed by atoms with Crippen LogP contribution < -0.4 is 5.32 Å². The van der Waals surface area contributed by atoms with Gasteiger partial charge in [0.25, 0.3) is 5.91 Å². The summed E-state index contributed by atoms with van der Waals surface area (Å²) in [5.41, 5.74) is 2.21. The Balaban J connectivity index is 1.62. The van der Waals surface area contributed by atoms with Crippen molar-refractivity contribution in [1.82, 2.24) is 5.32 Å². The van der Waals surface area contributed by atoms with Crippen LogP contribution in [0.5, 0.6) is 0 Å². The molecule has 2 bridgehead atoms. The molecule has 2 aliphatic carbocycles. The zero-order valence-corrected chi connectivity index (χ0v) is 14.4. The van der Waals surface area contributed by atoms with Crippen LogP contribution in [0.25, 0.3) is 11.0 Å². The summed E-state index contributed by atoms with van der Waals surface area (Å²) < 4.78 is 5.82. The van der Waals surface area contributed by atoms with Crippen LogP contribution in [0.15, 0.2) is 28.7 Å². The molecule has 1 N–H and O–H groups in total. The Morgan fingerprint density at radius 1 is 1.26 bits per heavy atom. The molecule has 2 saturated carbocycles. The predicted octanol–water partition coefficient (Wildman–Crippen LogP) is 4.69. The maximum absolute atomic E-state index is 12.8. The average molecular weight is 311 g/mol. The number of benzene rings is 1. The van der Waals surface area contributed by atoms with E-state index >= 15 is 0 Å². The molecule has 3 nitrogen and oxygen atoms in total. The van der Waals surface area contributed by atoms with Crippen molar-refractivity contribution in [2.45, 2.75) is 53.0 Å². The van der Waals surface area contributed by atoms with Gasteiger partial charge in [0.15, 0.2) is 5.76 Å². The molecule has 2 fully saturated rings. The van der Waals surface area contributed by atoms with E-state index in [0.29, 0.717) is 11.2 Å². The van der Waals surface area contributed by atoms with Crippen LogP contribution in [-0.2, 0) is 0 Å². The highest BCUT2D eigenvalue weighted by atomic mass is 16.3. The molecule has 122 valence electrons. The van der Waals surface area contributed by atoms with Gasteiger partial charge in [-0.1, -0.05) is 39.0 Å². The van der Waals surface area contributed by atoms with Crippen molar-refractivity contribution in [2.75, 3.05) is 0 Å². The van der Waals surface area contributed by atoms with Crippen molar-refractivity contribution in [1.29, 1.82) is 0 Å². The van der Waals surface area contributed by atoms with Gasteiger partial charge >= 0.3 is 0 Å². The summed E-state index contributed by atoms with van der Waals surface area (Å²) in [5, 5.41) is 4.32. The van der Waals surface area contributed by atoms with Gasteiger partial charge in [-0.15, -0.1) is 0 Å². The van der Waals surface area contributed by atoms with Gasteiger partial charge in [-0.25, -0.2) is 0 Å². The largest absolute Gasteiger partial charge is 0.451 e. The van der Waals surface area contributed by atoms with E-state index < -0.39 is 0 Å². The van der Waals surface area contributed by atoms with Crippen molar-refractivity contribution >= 4 is 16.9 Å². The summed E-state index contributed by atoms with van der Waals surface area (Å²) in [5.74, 6) is 1.12. The fraction of sp³-hybridized carbons (Fsp3) is 0.550. The van der Waals surface area contributed by atoms with E-state index in [1.54, 1.807) is 0 Å². The summed E-state index contributed by atoms with van der Waals surface area (Å²) in [6.07, 6.45) is 3.59. The molecule has 1 amide bonds. The van der Waals surface area contributed by atoms with Crippen molar-refractivity contribution in [3.63, 3.8) is 0 Å². The third-order valence-electron chi connectivity index (χ3n) is 7.15. The molecule has 1 heterocycles. The van der Waals surface area contributed by atoms with Crippen molar-refractivity contribution in [3.8, 4) is 0 Å². The van der Waals surface area contributed by atoms with Crippen LogP contribution in [0.4, 0.5) is 0 Å². The molecule has 0 aliphatic heterocycles. The first-order valence-electron chi connectivity index (χ1n) is 8.63. The Morgan fingerprint density at radius 3 is 2.61 bits per heavy atom. The maximum atomic E-state index is 12.8. The number of hydrogen-bond acceptors (Lipinski definition) is 2.